The fraction of sp³-hybridized carbons (Fsp3) is 0.0556. The van der Waals surface area contributed by atoms with Gasteiger partial charge in [-0.2, -0.15) is 0 Å². The Balaban J connectivity index is 1.64. The number of aromatic nitrogens is 1. The van der Waals surface area contributed by atoms with E-state index in [1.54, 1.807) is 6.92 Å². The van der Waals surface area contributed by atoms with Crippen molar-refractivity contribution in [1.82, 2.24) is 4.98 Å². The fourth-order valence-electron chi connectivity index (χ4n) is 2.17. The number of nitrogens with zero attached hydrogens (tertiary/aromatic N) is 1. The smallest absolute Gasteiger partial charge is 0.321 e. The van der Waals surface area contributed by atoms with E-state index in [1.165, 1.54) is 48.5 Å². The molecule has 0 aliphatic rings. The molecule has 1 heterocycles. The molecule has 3 rings (SSSR count). The Hall–Kier alpha value is -3.33. The molecule has 0 bridgehead atoms. The second-order valence-corrected chi connectivity index (χ2v) is 6.48. The van der Waals surface area contributed by atoms with Gasteiger partial charge >= 0.3 is 6.03 Å². The van der Waals surface area contributed by atoms with E-state index in [4.69, 9.17) is 0 Å². The predicted octanol–water partition coefficient (Wildman–Crippen LogP) is 4.63. The van der Waals surface area contributed by atoms with Crippen LogP contribution in [0.25, 0.3) is 0 Å². The average Bonchev–Trinajstić information content (AvgIpc) is 2.99. The molecule has 2 aromatic carbocycles. The van der Waals surface area contributed by atoms with Gasteiger partial charge in [-0.25, -0.2) is 18.6 Å². The van der Waals surface area contributed by atoms with Crippen LogP contribution in [0.1, 0.15) is 15.4 Å². The van der Waals surface area contributed by atoms with Gasteiger partial charge in [0.25, 0.3) is 5.91 Å². The van der Waals surface area contributed by atoms with Crippen LogP contribution in [0.15, 0.2) is 48.5 Å². The van der Waals surface area contributed by atoms with Gasteiger partial charge < -0.3 is 10.6 Å². The number of benzene rings is 2. The molecule has 0 unspecified atom stereocenters. The number of halogens is 2. The van der Waals surface area contributed by atoms with Gasteiger partial charge in [0, 0.05) is 11.4 Å². The molecule has 9 heteroatoms. The molecule has 27 heavy (non-hydrogen) atoms. The van der Waals surface area contributed by atoms with Gasteiger partial charge in [0.1, 0.15) is 16.5 Å². The molecule has 3 aromatic rings. The van der Waals surface area contributed by atoms with E-state index in [0.29, 0.717) is 21.9 Å². The summed E-state index contributed by atoms with van der Waals surface area (Å²) in [5.41, 5.74) is 1.30. The molecule has 0 atom stereocenters. The first-order chi connectivity index (χ1) is 12.9. The van der Waals surface area contributed by atoms with Gasteiger partial charge in [-0.3, -0.25) is 10.1 Å². The molecular weight excluding hydrogens is 374 g/mol. The number of hydrogen-bond donors (Lipinski definition) is 3. The molecule has 0 saturated heterocycles. The molecule has 3 amide bonds. The highest BCUT2D eigenvalue weighted by molar-refractivity contribution is 7.17. The average molecular weight is 388 g/mol. The number of nitrogens with one attached hydrogen (secondary N) is 3. The summed E-state index contributed by atoms with van der Waals surface area (Å²) in [6, 6.07) is 10.1. The number of amides is 3. The van der Waals surface area contributed by atoms with E-state index < -0.39 is 23.6 Å². The number of rotatable bonds is 4. The molecular formula is C18H14F2N4O2S. The van der Waals surface area contributed by atoms with E-state index in [-0.39, 0.29) is 5.13 Å². The van der Waals surface area contributed by atoms with Gasteiger partial charge in [-0.05, 0) is 55.5 Å². The molecule has 0 aliphatic carbocycles. The lowest BCUT2D eigenvalue weighted by Crippen LogP contribution is -2.19. The third-order valence-corrected chi connectivity index (χ3v) is 4.50. The van der Waals surface area contributed by atoms with Crippen molar-refractivity contribution in [2.24, 2.45) is 0 Å². The zero-order chi connectivity index (χ0) is 19.4. The number of carbonyl (C=O) groups excluding carboxylic acids is 2. The quantitative estimate of drug-likeness (QED) is 0.610. The van der Waals surface area contributed by atoms with Crippen LogP contribution in [-0.4, -0.2) is 16.9 Å². The Morgan fingerprint density at radius 1 is 0.852 bits per heavy atom. The third kappa shape index (κ3) is 4.85. The van der Waals surface area contributed by atoms with Crippen molar-refractivity contribution in [3.8, 4) is 0 Å². The second-order valence-electron chi connectivity index (χ2n) is 5.48. The lowest BCUT2D eigenvalue weighted by atomic mass is 10.3. The minimum atomic E-state index is -0.569. The largest absolute Gasteiger partial charge is 0.325 e. The van der Waals surface area contributed by atoms with Gasteiger partial charge in [-0.15, -0.1) is 0 Å². The minimum absolute atomic E-state index is 0.233. The number of urea groups is 1. The fourth-order valence-corrected chi connectivity index (χ4v) is 3.03. The van der Waals surface area contributed by atoms with Crippen molar-refractivity contribution < 1.29 is 18.4 Å². The normalized spacial score (nSPS) is 10.3. The zero-order valence-corrected chi connectivity index (χ0v) is 14.9. The van der Waals surface area contributed by atoms with Gasteiger partial charge in [0.2, 0.25) is 0 Å². The highest BCUT2D eigenvalue weighted by Crippen LogP contribution is 2.24. The summed E-state index contributed by atoms with van der Waals surface area (Å²) in [4.78, 5) is 28.8. The summed E-state index contributed by atoms with van der Waals surface area (Å²) < 4.78 is 25.8. The zero-order valence-electron chi connectivity index (χ0n) is 14.0. The summed E-state index contributed by atoms with van der Waals surface area (Å²) in [7, 11) is 0. The van der Waals surface area contributed by atoms with Gasteiger partial charge in [0.05, 0.1) is 5.69 Å². The summed E-state index contributed by atoms with van der Waals surface area (Å²) in [6.07, 6.45) is 0. The Bertz CT molecular complexity index is 972. The van der Waals surface area contributed by atoms with Crippen LogP contribution in [-0.2, 0) is 0 Å². The number of thiazole rings is 1. The third-order valence-electron chi connectivity index (χ3n) is 3.43. The van der Waals surface area contributed by atoms with Gasteiger partial charge in [-0.1, -0.05) is 11.3 Å². The maximum absolute atomic E-state index is 12.9. The van der Waals surface area contributed by atoms with Crippen LogP contribution in [0.2, 0.25) is 0 Å². The van der Waals surface area contributed by atoms with E-state index in [2.05, 4.69) is 20.9 Å². The Kier molecular flexibility index (Phi) is 5.41. The van der Waals surface area contributed by atoms with Crippen LogP contribution >= 0.6 is 11.3 Å². The van der Waals surface area contributed by atoms with Crippen LogP contribution < -0.4 is 16.0 Å². The standard InChI is InChI=1S/C18H14F2N4O2S/c1-10-15(16(25)22-13-6-2-11(19)3-7-13)27-18(21-10)24-17(26)23-14-8-4-12(20)5-9-14/h2-9H,1H3,(H,22,25)(H2,21,23,24,26). The highest BCUT2D eigenvalue weighted by Gasteiger charge is 2.17. The predicted molar refractivity (Wildman–Crippen MR) is 100 cm³/mol. The SMILES string of the molecule is Cc1nc(NC(=O)Nc2ccc(F)cc2)sc1C(=O)Nc1ccc(F)cc1. The number of anilines is 3. The van der Waals surface area contributed by atoms with Crippen molar-refractivity contribution in [2.75, 3.05) is 16.0 Å². The maximum atomic E-state index is 12.9. The van der Waals surface area contributed by atoms with Crippen LogP contribution in [0.3, 0.4) is 0 Å². The first kappa shape index (κ1) is 18.5. The molecule has 138 valence electrons. The Morgan fingerprint density at radius 3 is 1.93 bits per heavy atom. The molecule has 0 spiro atoms. The van der Waals surface area contributed by atoms with Crippen molar-refractivity contribution in [2.45, 2.75) is 6.92 Å². The van der Waals surface area contributed by atoms with E-state index in [9.17, 15) is 18.4 Å². The molecule has 6 nitrogen and oxygen atoms in total. The topological polar surface area (TPSA) is 83.1 Å². The second kappa shape index (κ2) is 7.92. The molecule has 0 radical (unpaired) electrons. The van der Waals surface area contributed by atoms with E-state index in [1.807, 2.05) is 0 Å². The summed E-state index contributed by atoms with van der Waals surface area (Å²) >= 11 is 1.00. The lowest BCUT2D eigenvalue weighted by Gasteiger charge is -2.05. The maximum Gasteiger partial charge on any atom is 0.325 e. The monoisotopic (exact) mass is 388 g/mol. The van der Waals surface area contributed by atoms with Crippen molar-refractivity contribution in [3.05, 3.63) is 70.7 Å². The van der Waals surface area contributed by atoms with Crippen LogP contribution in [0, 0.1) is 18.6 Å². The number of hydrogen-bond acceptors (Lipinski definition) is 4. The number of aryl methyl sites for hydroxylation is 1. The van der Waals surface area contributed by atoms with Crippen LogP contribution in [0.5, 0.6) is 0 Å². The summed E-state index contributed by atoms with van der Waals surface area (Å²) in [5.74, 6) is -1.22. The van der Waals surface area contributed by atoms with E-state index >= 15 is 0 Å². The molecule has 3 N–H and O–H groups in total. The number of carbonyl (C=O) groups is 2. The van der Waals surface area contributed by atoms with Crippen molar-refractivity contribution >= 4 is 39.8 Å². The molecule has 1 aromatic heterocycles. The lowest BCUT2D eigenvalue weighted by molar-refractivity contribution is 0.102. The molecule has 0 saturated carbocycles. The summed E-state index contributed by atoms with van der Waals surface area (Å²) in [6.45, 7) is 1.64. The minimum Gasteiger partial charge on any atom is -0.321 e. The summed E-state index contributed by atoms with van der Waals surface area (Å²) in [5, 5.41) is 7.93. The first-order valence-electron chi connectivity index (χ1n) is 7.78. The highest BCUT2D eigenvalue weighted by atomic mass is 32.1. The van der Waals surface area contributed by atoms with E-state index in [0.717, 1.165) is 11.3 Å². The first-order valence-corrected chi connectivity index (χ1v) is 8.60. The Morgan fingerprint density at radius 2 is 1.37 bits per heavy atom. The van der Waals surface area contributed by atoms with Gasteiger partial charge in [0.15, 0.2) is 5.13 Å². The van der Waals surface area contributed by atoms with Crippen molar-refractivity contribution in [3.63, 3.8) is 0 Å². The van der Waals surface area contributed by atoms with Crippen LogP contribution in [0.4, 0.5) is 30.1 Å². The molecule has 0 aliphatic heterocycles. The molecule has 0 fully saturated rings. The van der Waals surface area contributed by atoms with Crippen molar-refractivity contribution in [1.29, 1.82) is 0 Å². The Labute approximate surface area is 157 Å².